The summed E-state index contributed by atoms with van der Waals surface area (Å²) < 4.78 is 5.66. The van der Waals surface area contributed by atoms with Crippen LogP contribution in [0.2, 0.25) is 5.15 Å². The molecule has 0 radical (unpaired) electrons. The molecule has 0 spiro atoms. The van der Waals surface area contributed by atoms with E-state index in [-0.39, 0.29) is 52.8 Å². The van der Waals surface area contributed by atoms with Gasteiger partial charge in [-0.1, -0.05) is 23.7 Å². The maximum absolute atomic E-state index is 12.8. The van der Waals surface area contributed by atoms with Crippen molar-refractivity contribution in [2.45, 2.75) is 25.4 Å². The fourth-order valence-electron chi connectivity index (χ4n) is 4.77. The quantitative estimate of drug-likeness (QED) is 0.354. The fourth-order valence-corrected chi connectivity index (χ4v) is 4.90. The van der Waals surface area contributed by atoms with Crippen LogP contribution in [-0.4, -0.2) is 59.1 Å². The number of nitrogens with one attached hydrogen (secondary N) is 1. The summed E-state index contributed by atoms with van der Waals surface area (Å²) in [6, 6.07) is 7.55. The van der Waals surface area contributed by atoms with Crippen molar-refractivity contribution < 1.29 is 31.2 Å². The van der Waals surface area contributed by atoms with Gasteiger partial charge in [-0.05, 0) is 18.1 Å². The highest BCUT2D eigenvalue weighted by molar-refractivity contribution is 6.31. The second-order valence-electron chi connectivity index (χ2n) is 8.37. The van der Waals surface area contributed by atoms with Crippen molar-refractivity contribution in [1.82, 2.24) is 15.3 Å². The lowest BCUT2D eigenvalue weighted by molar-refractivity contribution is -0.956. The molecule has 5 rings (SSSR count). The maximum atomic E-state index is 12.8. The molecular weight excluding hydrogens is 455 g/mol. The zero-order chi connectivity index (χ0) is 22.2. The Hall–Kier alpha value is -2.62. The van der Waals surface area contributed by atoms with Gasteiger partial charge in [-0.2, -0.15) is 0 Å². The Morgan fingerprint density at radius 2 is 1.81 bits per heavy atom. The van der Waals surface area contributed by atoms with Gasteiger partial charge in [-0.25, -0.2) is 14.8 Å². The Kier molecular flexibility index (Phi) is 7.12. The highest BCUT2D eigenvalue weighted by Gasteiger charge is 2.46. The highest BCUT2D eigenvalue weighted by atomic mass is 35.5. The third kappa shape index (κ3) is 4.74. The number of benzene rings is 1. The first kappa shape index (κ1) is 24.0. The number of quaternary nitrogens is 1. The molecule has 3 fully saturated rings. The number of nitrogen functional groups attached to an aromatic ring is 2. The average molecular weight is 481 g/mol. The normalized spacial score (nSPS) is 23.8. The largest absolute Gasteiger partial charge is 1.00 e. The van der Waals surface area contributed by atoms with E-state index in [1.54, 1.807) is 12.1 Å². The second kappa shape index (κ2) is 9.48. The number of hydrogen-bond donors (Lipinski definition) is 3. The summed E-state index contributed by atoms with van der Waals surface area (Å²) in [6.45, 7) is 3.79. The van der Waals surface area contributed by atoms with Crippen molar-refractivity contribution in [1.29, 1.82) is 0 Å². The minimum atomic E-state index is -0.383. The van der Waals surface area contributed by atoms with Gasteiger partial charge < -0.3 is 38.4 Å². The molecule has 9 nitrogen and oxygen atoms in total. The molecule has 1 amide bonds. The molecule has 1 atom stereocenters. The van der Waals surface area contributed by atoms with Crippen molar-refractivity contribution in [3.05, 3.63) is 46.2 Å². The number of methoxy groups -OCH3 is 1. The van der Waals surface area contributed by atoms with Crippen molar-refractivity contribution >= 4 is 35.1 Å². The van der Waals surface area contributed by atoms with Gasteiger partial charge in [0.1, 0.15) is 6.54 Å². The van der Waals surface area contributed by atoms with E-state index in [0.29, 0.717) is 11.5 Å². The van der Waals surface area contributed by atoms with Gasteiger partial charge in [0.25, 0.3) is 5.91 Å². The Labute approximate surface area is 197 Å². The predicted octanol–water partition coefficient (Wildman–Crippen LogP) is -1.38. The van der Waals surface area contributed by atoms with E-state index >= 15 is 0 Å². The molecule has 1 unspecified atom stereocenters. The molecule has 1 aromatic heterocycles. The smallest absolute Gasteiger partial charge is 0.337 e. The van der Waals surface area contributed by atoms with Crippen LogP contribution in [0, 0.1) is 5.92 Å². The molecule has 2 bridgehead atoms. The van der Waals surface area contributed by atoms with E-state index in [1.807, 2.05) is 12.1 Å². The number of carbonyl (C=O) groups is 2. The summed E-state index contributed by atoms with van der Waals surface area (Å²) in [6.07, 6.45) is 2.07. The number of piperidine rings is 3. The number of ether oxygens (including phenoxy) is 1. The van der Waals surface area contributed by atoms with Gasteiger partial charge in [0.2, 0.25) is 0 Å². The Morgan fingerprint density at radius 1 is 1.16 bits per heavy atom. The number of esters is 1. The first-order valence-corrected chi connectivity index (χ1v) is 10.6. The molecule has 32 heavy (non-hydrogen) atoms. The van der Waals surface area contributed by atoms with Crippen LogP contribution in [0.3, 0.4) is 0 Å². The lowest BCUT2D eigenvalue weighted by atomic mass is 9.81. The number of anilines is 2. The molecule has 172 valence electrons. The summed E-state index contributed by atoms with van der Waals surface area (Å²) in [5, 5.41) is 3.06. The van der Waals surface area contributed by atoms with Gasteiger partial charge in [0.15, 0.2) is 22.5 Å². The lowest BCUT2D eigenvalue weighted by Crippen LogP contribution is -3.00. The molecule has 4 heterocycles. The maximum Gasteiger partial charge on any atom is 0.337 e. The standard InChI is InChI=1S/C21H25ClN6O3.ClH/c1-31-21(30)14-4-2-12(3-5-14)10-28-8-6-13(7-9-28)15(11-28)25-20(29)16-18(23)27-19(24)17(22)26-16;/h2-5,13,15H,6-11H2,1H3,(H4-,23,24,25,27,29);1H. The fraction of sp³-hybridized carbons (Fsp3) is 0.429. The third-order valence-corrected chi connectivity index (χ3v) is 6.71. The van der Waals surface area contributed by atoms with Crippen molar-refractivity contribution in [3.63, 3.8) is 0 Å². The number of halogens is 2. The number of nitrogens with two attached hydrogens (primary N) is 2. The van der Waals surface area contributed by atoms with Crippen LogP contribution in [0.5, 0.6) is 0 Å². The summed E-state index contributed by atoms with van der Waals surface area (Å²) in [5.41, 5.74) is 13.1. The van der Waals surface area contributed by atoms with Gasteiger partial charge in [0, 0.05) is 18.4 Å². The van der Waals surface area contributed by atoms with Gasteiger partial charge >= 0.3 is 5.97 Å². The number of rotatable bonds is 5. The SMILES string of the molecule is COC(=O)c1ccc(C[N+]23CCC(CC2)C(NC(=O)c2nc(Cl)c(N)nc2N)C3)cc1.[Cl-]. The second-order valence-corrected chi connectivity index (χ2v) is 8.73. The first-order chi connectivity index (χ1) is 14.8. The minimum Gasteiger partial charge on any atom is -1.00 e. The van der Waals surface area contributed by atoms with E-state index in [4.69, 9.17) is 27.8 Å². The van der Waals surface area contributed by atoms with Crippen LogP contribution in [-0.2, 0) is 11.3 Å². The van der Waals surface area contributed by atoms with E-state index in [0.717, 1.165) is 49.1 Å². The number of fused-ring (bicyclic) bond motifs is 3. The van der Waals surface area contributed by atoms with Crippen molar-refractivity contribution in [3.8, 4) is 0 Å². The Balaban J connectivity index is 0.00000289. The summed E-state index contributed by atoms with van der Waals surface area (Å²) >= 11 is 5.92. The van der Waals surface area contributed by atoms with Gasteiger partial charge in [0.05, 0.1) is 38.3 Å². The van der Waals surface area contributed by atoms with E-state index in [9.17, 15) is 9.59 Å². The molecule has 0 saturated carbocycles. The zero-order valence-corrected chi connectivity index (χ0v) is 19.2. The van der Waals surface area contributed by atoms with E-state index in [2.05, 4.69) is 15.3 Å². The third-order valence-electron chi connectivity index (χ3n) is 6.43. The topological polar surface area (TPSA) is 133 Å². The predicted molar refractivity (Wildman–Crippen MR) is 116 cm³/mol. The molecular formula is C21H26Cl2N6O3. The molecule has 11 heteroatoms. The Bertz CT molecular complexity index is 1010. The lowest BCUT2D eigenvalue weighted by Gasteiger charge is -2.52. The number of aromatic nitrogens is 2. The minimum absolute atomic E-state index is 0. The molecule has 3 saturated heterocycles. The monoisotopic (exact) mass is 480 g/mol. The van der Waals surface area contributed by atoms with Crippen LogP contribution in [0.1, 0.15) is 39.3 Å². The highest BCUT2D eigenvalue weighted by Crippen LogP contribution is 2.36. The van der Waals surface area contributed by atoms with Crippen LogP contribution < -0.4 is 29.2 Å². The molecule has 3 aliphatic heterocycles. The summed E-state index contributed by atoms with van der Waals surface area (Å²) in [5.74, 6) is -0.336. The van der Waals surface area contributed by atoms with Crippen molar-refractivity contribution in [2.75, 3.05) is 38.2 Å². The van der Waals surface area contributed by atoms with Gasteiger partial charge in [-0.15, -0.1) is 0 Å². The molecule has 2 aromatic rings. The van der Waals surface area contributed by atoms with Gasteiger partial charge in [-0.3, -0.25) is 4.79 Å². The number of amides is 1. The van der Waals surface area contributed by atoms with Crippen LogP contribution in [0.4, 0.5) is 11.6 Å². The first-order valence-electron chi connectivity index (χ1n) is 10.2. The Morgan fingerprint density at radius 3 is 2.44 bits per heavy atom. The summed E-state index contributed by atoms with van der Waals surface area (Å²) in [7, 11) is 1.37. The van der Waals surface area contributed by atoms with Crippen molar-refractivity contribution in [2.24, 2.45) is 5.92 Å². The summed E-state index contributed by atoms with van der Waals surface area (Å²) in [4.78, 5) is 32.4. The molecule has 3 aliphatic rings. The molecule has 5 N–H and O–H groups in total. The van der Waals surface area contributed by atoms with Crippen LogP contribution >= 0.6 is 11.6 Å². The molecule has 1 aromatic carbocycles. The van der Waals surface area contributed by atoms with E-state index < -0.39 is 0 Å². The average Bonchev–Trinajstić information content (AvgIpc) is 2.76. The number of carbonyl (C=O) groups excluding carboxylic acids is 2. The molecule has 0 aliphatic carbocycles. The number of hydrogen-bond acceptors (Lipinski definition) is 7. The number of nitrogens with zero attached hydrogens (tertiary/aromatic N) is 3. The van der Waals surface area contributed by atoms with E-state index in [1.165, 1.54) is 7.11 Å². The van der Waals surface area contributed by atoms with Crippen LogP contribution in [0.15, 0.2) is 24.3 Å². The van der Waals surface area contributed by atoms with Crippen LogP contribution in [0.25, 0.3) is 0 Å². The zero-order valence-electron chi connectivity index (χ0n) is 17.7.